The Morgan fingerprint density at radius 2 is 2.18 bits per heavy atom. The van der Waals surface area contributed by atoms with Crippen LogP contribution in [0.4, 0.5) is 24.7 Å². The predicted octanol–water partition coefficient (Wildman–Crippen LogP) is 1.01. The summed E-state index contributed by atoms with van der Waals surface area (Å²) in [5.41, 5.74) is 5.66. The van der Waals surface area contributed by atoms with Crippen molar-refractivity contribution in [1.82, 2.24) is 4.98 Å². The predicted molar refractivity (Wildman–Crippen MR) is 55.8 cm³/mol. The summed E-state index contributed by atoms with van der Waals surface area (Å²) in [5.74, 6) is 0.246. The molecule has 0 spiro atoms. The van der Waals surface area contributed by atoms with Crippen LogP contribution in [0.1, 0.15) is 0 Å². The van der Waals surface area contributed by atoms with Crippen LogP contribution in [0.3, 0.4) is 0 Å². The van der Waals surface area contributed by atoms with Gasteiger partial charge in [-0.05, 0) is 6.07 Å². The van der Waals surface area contributed by atoms with Crippen LogP contribution < -0.4 is 15.8 Å². The molecule has 1 aromatic rings. The van der Waals surface area contributed by atoms with Gasteiger partial charge in [-0.3, -0.25) is 0 Å². The van der Waals surface area contributed by atoms with Gasteiger partial charge in [0.25, 0.3) is 0 Å². The Balaban J connectivity index is 2.69. The largest absolute Gasteiger partial charge is 0.481 e. The number of aliphatic hydroxyl groups excluding tert-OH is 1. The molecule has 0 aliphatic carbocycles. The van der Waals surface area contributed by atoms with Gasteiger partial charge in [0.05, 0.1) is 19.3 Å². The molecule has 8 heteroatoms. The lowest BCUT2D eigenvalue weighted by Crippen LogP contribution is -2.35. The summed E-state index contributed by atoms with van der Waals surface area (Å²) < 4.78 is 40.9. The lowest BCUT2D eigenvalue weighted by molar-refractivity contribution is -0.198. The number of nitrogens with two attached hydrogens (primary N) is 1. The van der Waals surface area contributed by atoms with Crippen LogP contribution in [0.2, 0.25) is 0 Å². The van der Waals surface area contributed by atoms with E-state index in [0.29, 0.717) is 0 Å². The van der Waals surface area contributed by atoms with Gasteiger partial charge in [0, 0.05) is 6.07 Å². The number of hydrogen-bond donors (Lipinski definition) is 3. The number of nitrogens with one attached hydrogen (secondary N) is 1. The Hall–Kier alpha value is -1.70. The molecule has 0 bridgehead atoms. The van der Waals surface area contributed by atoms with Crippen molar-refractivity contribution in [1.29, 1.82) is 0 Å². The Morgan fingerprint density at radius 3 is 2.71 bits per heavy atom. The van der Waals surface area contributed by atoms with Crippen molar-refractivity contribution in [2.45, 2.75) is 12.3 Å². The highest BCUT2D eigenvalue weighted by molar-refractivity contribution is 5.61. The average Bonchev–Trinajstić information content (AvgIpc) is 2.26. The minimum absolute atomic E-state index is 0.0349. The molecule has 0 radical (unpaired) electrons. The van der Waals surface area contributed by atoms with Crippen molar-refractivity contribution < 1.29 is 23.0 Å². The number of anilines is 2. The molecular formula is C9H12F3N3O2. The fourth-order valence-electron chi connectivity index (χ4n) is 1.02. The lowest BCUT2D eigenvalue weighted by atomic mass is 10.3. The number of methoxy groups -OCH3 is 1. The third-order valence-corrected chi connectivity index (χ3v) is 1.95. The first-order chi connectivity index (χ1) is 7.84. The van der Waals surface area contributed by atoms with Crippen molar-refractivity contribution in [3.63, 3.8) is 0 Å². The Kier molecular flexibility index (Phi) is 4.00. The normalized spacial score (nSPS) is 13.2. The molecule has 96 valence electrons. The number of ether oxygens (including phenoxy) is 1. The van der Waals surface area contributed by atoms with Gasteiger partial charge in [0.1, 0.15) is 0 Å². The minimum Gasteiger partial charge on any atom is -0.481 e. The first kappa shape index (κ1) is 13.4. The summed E-state index contributed by atoms with van der Waals surface area (Å²) in [7, 11) is 1.37. The van der Waals surface area contributed by atoms with E-state index in [2.05, 4.69) is 10.3 Å². The van der Waals surface area contributed by atoms with E-state index < -0.39 is 18.8 Å². The monoisotopic (exact) mass is 251 g/mol. The maximum Gasteiger partial charge on any atom is 0.416 e. The van der Waals surface area contributed by atoms with E-state index in [-0.39, 0.29) is 17.4 Å². The van der Waals surface area contributed by atoms with Crippen LogP contribution in [-0.4, -0.2) is 36.0 Å². The van der Waals surface area contributed by atoms with Crippen LogP contribution in [-0.2, 0) is 0 Å². The molecule has 1 heterocycles. The summed E-state index contributed by atoms with van der Waals surface area (Å²) in [6.45, 7) is -0.728. The van der Waals surface area contributed by atoms with Crippen molar-refractivity contribution in [2.75, 3.05) is 24.7 Å². The smallest absolute Gasteiger partial charge is 0.416 e. The van der Waals surface area contributed by atoms with Gasteiger partial charge in [-0.15, -0.1) is 0 Å². The third-order valence-electron chi connectivity index (χ3n) is 1.95. The summed E-state index contributed by atoms with van der Waals surface area (Å²) >= 11 is 0. The minimum atomic E-state index is -4.68. The highest BCUT2D eigenvalue weighted by Crippen LogP contribution is 2.23. The number of nitrogen functional groups attached to an aromatic ring is 1. The van der Waals surface area contributed by atoms with Crippen LogP contribution in [0.15, 0.2) is 12.1 Å². The maximum absolute atomic E-state index is 12.0. The SMILES string of the molecule is COc1ccc(N)c(NCC(O)C(F)(F)F)n1. The van der Waals surface area contributed by atoms with Crippen molar-refractivity contribution in [2.24, 2.45) is 0 Å². The number of pyridine rings is 1. The molecule has 0 aromatic carbocycles. The number of aliphatic hydroxyl groups is 1. The van der Waals surface area contributed by atoms with E-state index in [9.17, 15) is 13.2 Å². The van der Waals surface area contributed by atoms with E-state index in [1.807, 2.05) is 0 Å². The highest BCUT2D eigenvalue weighted by Gasteiger charge is 2.37. The maximum atomic E-state index is 12.0. The summed E-state index contributed by atoms with van der Waals surface area (Å²) in [6, 6.07) is 2.91. The quantitative estimate of drug-likeness (QED) is 0.744. The molecule has 0 saturated heterocycles. The molecular weight excluding hydrogens is 239 g/mol. The Morgan fingerprint density at radius 1 is 1.53 bits per heavy atom. The van der Waals surface area contributed by atoms with Crippen molar-refractivity contribution in [3.05, 3.63) is 12.1 Å². The standard InChI is InChI=1S/C9H12F3N3O2/c1-17-7-3-2-5(13)8(15-7)14-4-6(16)9(10,11)12/h2-3,6,16H,4,13H2,1H3,(H,14,15). The molecule has 0 saturated carbocycles. The van der Waals surface area contributed by atoms with E-state index in [1.54, 1.807) is 0 Å². The number of aromatic nitrogens is 1. The highest BCUT2D eigenvalue weighted by atomic mass is 19.4. The van der Waals surface area contributed by atoms with Crippen LogP contribution in [0, 0.1) is 0 Å². The number of halogens is 3. The third kappa shape index (κ3) is 3.66. The van der Waals surface area contributed by atoms with Gasteiger partial charge in [-0.25, -0.2) is 0 Å². The summed E-state index contributed by atoms with van der Waals surface area (Å²) in [6.07, 6.45) is -7.16. The lowest BCUT2D eigenvalue weighted by Gasteiger charge is -2.16. The van der Waals surface area contributed by atoms with Crippen molar-refractivity contribution >= 4 is 11.5 Å². The first-order valence-electron chi connectivity index (χ1n) is 4.63. The topological polar surface area (TPSA) is 80.4 Å². The molecule has 0 amide bonds. The molecule has 1 rings (SSSR count). The number of rotatable bonds is 4. The van der Waals surface area contributed by atoms with Gasteiger partial charge in [-0.2, -0.15) is 18.2 Å². The Bertz CT molecular complexity index is 384. The molecule has 0 fully saturated rings. The molecule has 0 aliphatic heterocycles. The molecule has 1 atom stereocenters. The zero-order valence-corrected chi connectivity index (χ0v) is 8.95. The molecule has 0 aliphatic rings. The van der Waals surface area contributed by atoms with Crippen LogP contribution in [0.25, 0.3) is 0 Å². The summed E-state index contributed by atoms with van der Waals surface area (Å²) in [4.78, 5) is 3.81. The first-order valence-corrected chi connectivity index (χ1v) is 4.63. The second-order valence-corrected chi connectivity index (χ2v) is 3.23. The van der Waals surface area contributed by atoms with E-state index in [4.69, 9.17) is 15.6 Å². The summed E-state index contributed by atoms with van der Waals surface area (Å²) in [5, 5.41) is 11.1. The number of hydrogen-bond acceptors (Lipinski definition) is 5. The second kappa shape index (κ2) is 5.09. The Labute approximate surface area is 95.4 Å². The molecule has 1 unspecified atom stereocenters. The van der Waals surface area contributed by atoms with Crippen LogP contribution in [0.5, 0.6) is 5.88 Å². The zero-order valence-electron chi connectivity index (χ0n) is 8.95. The van der Waals surface area contributed by atoms with E-state index >= 15 is 0 Å². The fraction of sp³-hybridized carbons (Fsp3) is 0.444. The number of nitrogens with zero attached hydrogens (tertiary/aromatic N) is 1. The molecule has 1 aromatic heterocycles. The van der Waals surface area contributed by atoms with Gasteiger partial charge < -0.3 is 20.9 Å². The molecule has 4 N–H and O–H groups in total. The van der Waals surface area contributed by atoms with Gasteiger partial charge in [-0.1, -0.05) is 0 Å². The zero-order chi connectivity index (χ0) is 13.1. The molecule has 17 heavy (non-hydrogen) atoms. The van der Waals surface area contributed by atoms with Gasteiger partial charge in [0.2, 0.25) is 5.88 Å². The second-order valence-electron chi connectivity index (χ2n) is 3.23. The molecule has 5 nitrogen and oxygen atoms in total. The van der Waals surface area contributed by atoms with E-state index in [0.717, 1.165) is 0 Å². The van der Waals surface area contributed by atoms with Gasteiger partial charge >= 0.3 is 6.18 Å². The fourth-order valence-corrected chi connectivity index (χ4v) is 1.02. The van der Waals surface area contributed by atoms with Gasteiger partial charge in [0.15, 0.2) is 11.9 Å². The van der Waals surface area contributed by atoms with E-state index in [1.165, 1.54) is 19.2 Å². The van der Waals surface area contributed by atoms with Crippen LogP contribution >= 0.6 is 0 Å². The number of alkyl halides is 3. The van der Waals surface area contributed by atoms with Crippen molar-refractivity contribution in [3.8, 4) is 5.88 Å². The average molecular weight is 251 g/mol.